The lowest BCUT2D eigenvalue weighted by atomic mass is 10.0. The topological polar surface area (TPSA) is 119 Å². The second-order valence-electron chi connectivity index (χ2n) is 5.00. The summed E-state index contributed by atoms with van der Waals surface area (Å²) in [6, 6.07) is -0.981. The van der Waals surface area contributed by atoms with E-state index >= 15 is 0 Å². The van der Waals surface area contributed by atoms with Gasteiger partial charge in [-0.3, -0.25) is 9.59 Å². The number of rotatable bonds is 9. The van der Waals surface area contributed by atoms with Crippen LogP contribution < -0.4 is 11.1 Å². The molecule has 7 nitrogen and oxygen atoms in total. The molecule has 0 spiro atoms. The fourth-order valence-electron chi connectivity index (χ4n) is 1.56. The first-order chi connectivity index (χ1) is 9.77. The molecule has 0 rings (SSSR count). The van der Waals surface area contributed by atoms with E-state index in [1.165, 1.54) is 6.08 Å². The highest BCUT2D eigenvalue weighted by molar-refractivity contribution is 5.88. The molecule has 0 aliphatic heterocycles. The van der Waals surface area contributed by atoms with Gasteiger partial charge in [-0.15, -0.1) is 0 Å². The minimum atomic E-state index is -1.19. The summed E-state index contributed by atoms with van der Waals surface area (Å²) in [5.41, 5.74) is 5.18. The Bertz CT molecular complexity index is 393. The largest absolute Gasteiger partial charge is 0.463 e. The molecule has 2 atom stereocenters. The Kier molecular flexibility index (Phi) is 9.03. The lowest BCUT2D eigenvalue weighted by Crippen LogP contribution is -2.48. The van der Waals surface area contributed by atoms with Crippen molar-refractivity contribution in [2.24, 2.45) is 11.7 Å². The minimum absolute atomic E-state index is 0.0499. The van der Waals surface area contributed by atoms with Crippen molar-refractivity contribution in [3.8, 4) is 0 Å². The molecule has 0 heterocycles. The molecule has 120 valence electrons. The maximum absolute atomic E-state index is 11.7. The van der Waals surface area contributed by atoms with Gasteiger partial charge in [0.2, 0.25) is 11.8 Å². The highest BCUT2D eigenvalue weighted by atomic mass is 16.5. The molecule has 0 bridgehead atoms. The van der Waals surface area contributed by atoms with Gasteiger partial charge >= 0.3 is 5.97 Å². The molecule has 7 heteroatoms. The van der Waals surface area contributed by atoms with Gasteiger partial charge < -0.3 is 20.9 Å². The predicted molar refractivity (Wildman–Crippen MR) is 77.0 cm³/mol. The Labute approximate surface area is 124 Å². The lowest BCUT2D eigenvalue weighted by Gasteiger charge is -2.17. The van der Waals surface area contributed by atoms with E-state index in [2.05, 4.69) is 10.1 Å². The molecule has 0 aromatic rings. The van der Waals surface area contributed by atoms with Gasteiger partial charge in [0, 0.05) is 6.08 Å². The molecule has 2 amide bonds. The number of carbonyl (C=O) groups is 3. The summed E-state index contributed by atoms with van der Waals surface area (Å²) in [5.74, 6) is -1.79. The quantitative estimate of drug-likeness (QED) is 0.405. The maximum atomic E-state index is 11.7. The summed E-state index contributed by atoms with van der Waals surface area (Å²) in [6.45, 7) is 5.66. The van der Waals surface area contributed by atoms with Crippen LogP contribution in [0.15, 0.2) is 12.2 Å². The number of nitrogens with two attached hydrogens (primary N) is 1. The second kappa shape index (κ2) is 9.93. The van der Waals surface area contributed by atoms with Crippen LogP contribution in [0.3, 0.4) is 0 Å². The number of primary amides is 1. The number of aliphatic hydroxyl groups is 1. The summed E-state index contributed by atoms with van der Waals surface area (Å²) >= 11 is 0. The molecule has 4 N–H and O–H groups in total. The Morgan fingerprint density at radius 1 is 1.33 bits per heavy atom. The molecule has 0 aliphatic rings. The third kappa shape index (κ3) is 8.80. The number of hydrogen-bond donors (Lipinski definition) is 3. The van der Waals surface area contributed by atoms with E-state index in [-0.39, 0.29) is 25.4 Å². The van der Waals surface area contributed by atoms with Gasteiger partial charge in [0.15, 0.2) is 0 Å². The average molecular weight is 300 g/mol. The van der Waals surface area contributed by atoms with Gasteiger partial charge in [0.05, 0.1) is 6.61 Å². The molecule has 0 unspecified atom stereocenters. The third-order valence-electron chi connectivity index (χ3n) is 2.57. The Morgan fingerprint density at radius 2 is 1.95 bits per heavy atom. The number of ether oxygens (including phenoxy) is 1. The fourth-order valence-corrected chi connectivity index (χ4v) is 1.56. The van der Waals surface area contributed by atoms with Crippen LogP contribution in [0.5, 0.6) is 0 Å². The van der Waals surface area contributed by atoms with Crippen LogP contribution in [0, 0.1) is 5.92 Å². The van der Waals surface area contributed by atoms with E-state index in [0.29, 0.717) is 0 Å². The third-order valence-corrected chi connectivity index (χ3v) is 2.57. The van der Waals surface area contributed by atoms with Crippen molar-refractivity contribution in [3.63, 3.8) is 0 Å². The fraction of sp³-hybridized carbons (Fsp3) is 0.643. The van der Waals surface area contributed by atoms with E-state index in [4.69, 9.17) is 5.73 Å². The van der Waals surface area contributed by atoms with Crippen LogP contribution in [-0.2, 0) is 19.1 Å². The van der Waals surface area contributed by atoms with Crippen LogP contribution in [0.4, 0.5) is 0 Å². The maximum Gasteiger partial charge on any atom is 0.330 e. The molecule has 0 saturated heterocycles. The van der Waals surface area contributed by atoms with Gasteiger partial charge in [-0.25, -0.2) is 4.79 Å². The van der Waals surface area contributed by atoms with Crippen molar-refractivity contribution in [2.45, 2.75) is 45.8 Å². The molecule has 21 heavy (non-hydrogen) atoms. The molecule has 0 aromatic carbocycles. The Balaban J connectivity index is 4.46. The molecular formula is C14H24N2O5. The summed E-state index contributed by atoms with van der Waals surface area (Å²) in [7, 11) is 0. The normalized spacial score (nSPS) is 14.0. The number of esters is 1. The van der Waals surface area contributed by atoms with Crippen LogP contribution in [0.25, 0.3) is 0 Å². The Hall–Kier alpha value is -1.89. The van der Waals surface area contributed by atoms with Crippen molar-refractivity contribution >= 4 is 17.8 Å². The summed E-state index contributed by atoms with van der Waals surface area (Å²) in [4.78, 5) is 34.1. The van der Waals surface area contributed by atoms with Crippen molar-refractivity contribution < 1.29 is 24.2 Å². The predicted octanol–water partition coefficient (Wildman–Crippen LogP) is -0.127. The highest BCUT2D eigenvalue weighted by Crippen LogP contribution is 2.05. The van der Waals surface area contributed by atoms with Gasteiger partial charge in [-0.2, -0.15) is 0 Å². The van der Waals surface area contributed by atoms with E-state index in [9.17, 15) is 19.5 Å². The summed E-state index contributed by atoms with van der Waals surface area (Å²) < 4.78 is 4.68. The van der Waals surface area contributed by atoms with Crippen molar-refractivity contribution in [1.82, 2.24) is 5.32 Å². The number of hydrogen-bond acceptors (Lipinski definition) is 5. The van der Waals surface area contributed by atoms with Gasteiger partial charge in [0.25, 0.3) is 0 Å². The van der Waals surface area contributed by atoms with Gasteiger partial charge in [-0.05, 0) is 25.7 Å². The standard InChI is InChI=1S/C14H24N2O5/c1-4-21-12(18)7-5-6-10(13(15)19)16-14(20)11(17)8-9(2)3/h5,7,9-11,17H,4,6,8H2,1-3H3,(H2,15,19)(H,16,20)/b7-5+/t10-,11+/m0/s1. The van der Waals surface area contributed by atoms with E-state index in [1.807, 2.05) is 13.8 Å². The average Bonchev–Trinajstić information content (AvgIpc) is 2.36. The van der Waals surface area contributed by atoms with Crippen LogP contribution in [-0.4, -0.2) is 41.6 Å². The number of amides is 2. The van der Waals surface area contributed by atoms with Crippen LogP contribution >= 0.6 is 0 Å². The molecular weight excluding hydrogens is 276 g/mol. The summed E-state index contributed by atoms with van der Waals surface area (Å²) in [5, 5.41) is 12.0. The second-order valence-corrected chi connectivity index (χ2v) is 5.00. The molecule has 0 radical (unpaired) electrons. The van der Waals surface area contributed by atoms with Crippen molar-refractivity contribution in [1.29, 1.82) is 0 Å². The monoisotopic (exact) mass is 300 g/mol. The summed E-state index contributed by atoms with van der Waals surface area (Å²) in [6.07, 6.45) is 1.70. The number of carbonyl (C=O) groups excluding carboxylic acids is 3. The van der Waals surface area contributed by atoms with E-state index < -0.39 is 29.9 Å². The zero-order valence-electron chi connectivity index (χ0n) is 12.7. The van der Waals surface area contributed by atoms with E-state index in [1.54, 1.807) is 6.92 Å². The SMILES string of the molecule is CCOC(=O)/C=C/C[C@H](NC(=O)[C@H](O)CC(C)C)C(N)=O. The smallest absolute Gasteiger partial charge is 0.330 e. The first kappa shape index (κ1) is 19.1. The zero-order valence-corrected chi connectivity index (χ0v) is 12.7. The first-order valence-electron chi connectivity index (χ1n) is 6.88. The Morgan fingerprint density at radius 3 is 2.43 bits per heavy atom. The van der Waals surface area contributed by atoms with Gasteiger partial charge in [-0.1, -0.05) is 19.9 Å². The molecule has 0 saturated carbocycles. The van der Waals surface area contributed by atoms with Crippen LogP contribution in [0.2, 0.25) is 0 Å². The number of aliphatic hydroxyl groups excluding tert-OH is 1. The zero-order chi connectivity index (χ0) is 16.4. The lowest BCUT2D eigenvalue weighted by molar-refractivity contribution is -0.137. The van der Waals surface area contributed by atoms with Gasteiger partial charge in [0.1, 0.15) is 12.1 Å². The first-order valence-corrected chi connectivity index (χ1v) is 6.88. The minimum Gasteiger partial charge on any atom is -0.463 e. The van der Waals surface area contributed by atoms with Crippen molar-refractivity contribution in [2.75, 3.05) is 6.61 Å². The van der Waals surface area contributed by atoms with Crippen LogP contribution in [0.1, 0.15) is 33.6 Å². The molecule has 0 fully saturated rings. The van der Waals surface area contributed by atoms with Crippen molar-refractivity contribution in [3.05, 3.63) is 12.2 Å². The molecule has 0 aliphatic carbocycles. The number of nitrogens with one attached hydrogen (secondary N) is 1. The molecule has 0 aromatic heterocycles. The highest BCUT2D eigenvalue weighted by Gasteiger charge is 2.22. The van der Waals surface area contributed by atoms with E-state index in [0.717, 1.165) is 6.08 Å².